The molecule has 3 rings (SSSR count). The van der Waals surface area contributed by atoms with Gasteiger partial charge in [-0.3, -0.25) is 9.97 Å². The van der Waals surface area contributed by atoms with Gasteiger partial charge in [-0.2, -0.15) is 0 Å². The number of rotatable bonds is 5. The maximum atomic E-state index is 4.47. The number of aromatic nitrogens is 2. The minimum Gasteiger partial charge on any atom is -0.305 e. The quantitative estimate of drug-likeness (QED) is 0.846. The van der Waals surface area contributed by atoms with Gasteiger partial charge in [0.25, 0.3) is 0 Å². The lowest BCUT2D eigenvalue weighted by Crippen LogP contribution is -2.35. The molecule has 17 heavy (non-hydrogen) atoms. The summed E-state index contributed by atoms with van der Waals surface area (Å²) in [6, 6.07) is 1.06. The van der Waals surface area contributed by atoms with Crippen LogP contribution in [0.15, 0.2) is 12.4 Å². The number of hydrogen-bond acceptors (Lipinski definition) is 3. The van der Waals surface area contributed by atoms with Crippen molar-refractivity contribution in [2.24, 2.45) is 11.8 Å². The predicted octanol–water partition coefficient (Wildman–Crippen LogP) is 2.62. The Balaban J connectivity index is 1.69. The van der Waals surface area contributed by atoms with E-state index in [2.05, 4.69) is 22.2 Å². The SMILES string of the molecule is Cc1nccnc1C(C)NC(C1CC1)C1CC1. The first-order valence-corrected chi connectivity index (χ1v) is 6.79. The Morgan fingerprint density at radius 2 is 1.71 bits per heavy atom. The average molecular weight is 231 g/mol. The third-order valence-electron chi connectivity index (χ3n) is 4.03. The van der Waals surface area contributed by atoms with E-state index in [0.29, 0.717) is 6.04 Å². The minimum atomic E-state index is 0.329. The van der Waals surface area contributed by atoms with Crippen molar-refractivity contribution in [3.63, 3.8) is 0 Å². The van der Waals surface area contributed by atoms with Gasteiger partial charge in [0.15, 0.2) is 0 Å². The first kappa shape index (κ1) is 11.1. The highest BCUT2D eigenvalue weighted by molar-refractivity contribution is 5.13. The van der Waals surface area contributed by atoms with Gasteiger partial charge in [-0.15, -0.1) is 0 Å². The van der Waals surface area contributed by atoms with Crippen molar-refractivity contribution in [1.82, 2.24) is 15.3 Å². The molecular formula is C14H21N3. The van der Waals surface area contributed by atoms with Crippen LogP contribution in [0.1, 0.15) is 50.0 Å². The number of nitrogens with zero attached hydrogens (tertiary/aromatic N) is 2. The van der Waals surface area contributed by atoms with Crippen molar-refractivity contribution in [3.05, 3.63) is 23.8 Å². The van der Waals surface area contributed by atoms with Crippen LogP contribution in [0.25, 0.3) is 0 Å². The summed E-state index contributed by atoms with van der Waals surface area (Å²) in [7, 11) is 0. The first-order valence-electron chi connectivity index (χ1n) is 6.79. The monoisotopic (exact) mass is 231 g/mol. The average Bonchev–Trinajstić information content (AvgIpc) is 3.16. The van der Waals surface area contributed by atoms with Crippen LogP contribution in [0.3, 0.4) is 0 Å². The second-order valence-electron chi connectivity index (χ2n) is 5.62. The van der Waals surface area contributed by atoms with Crippen molar-refractivity contribution in [2.45, 2.75) is 51.6 Å². The van der Waals surface area contributed by atoms with E-state index in [1.165, 1.54) is 25.7 Å². The lowest BCUT2D eigenvalue weighted by Gasteiger charge is -2.23. The Kier molecular flexibility index (Phi) is 2.87. The van der Waals surface area contributed by atoms with E-state index < -0.39 is 0 Å². The molecule has 0 bridgehead atoms. The Bertz CT molecular complexity index is 384. The number of aryl methyl sites for hydroxylation is 1. The second kappa shape index (κ2) is 4.37. The summed E-state index contributed by atoms with van der Waals surface area (Å²) in [6.45, 7) is 4.26. The van der Waals surface area contributed by atoms with E-state index >= 15 is 0 Å². The third kappa shape index (κ3) is 2.49. The van der Waals surface area contributed by atoms with Crippen molar-refractivity contribution in [3.8, 4) is 0 Å². The second-order valence-corrected chi connectivity index (χ2v) is 5.62. The minimum absolute atomic E-state index is 0.329. The summed E-state index contributed by atoms with van der Waals surface area (Å²) in [5.74, 6) is 1.86. The van der Waals surface area contributed by atoms with Crippen LogP contribution in [0.5, 0.6) is 0 Å². The van der Waals surface area contributed by atoms with Crippen LogP contribution < -0.4 is 5.32 Å². The molecule has 3 heteroatoms. The molecule has 0 saturated heterocycles. The topological polar surface area (TPSA) is 37.8 Å². The van der Waals surface area contributed by atoms with Gasteiger partial charge in [0.1, 0.15) is 0 Å². The fraction of sp³-hybridized carbons (Fsp3) is 0.714. The molecule has 1 heterocycles. The summed E-state index contributed by atoms with van der Waals surface area (Å²) < 4.78 is 0. The van der Waals surface area contributed by atoms with E-state index in [1.807, 2.05) is 6.92 Å². The number of hydrogen-bond donors (Lipinski definition) is 1. The Morgan fingerprint density at radius 1 is 1.12 bits per heavy atom. The van der Waals surface area contributed by atoms with Crippen molar-refractivity contribution in [2.75, 3.05) is 0 Å². The molecule has 0 aliphatic heterocycles. The van der Waals surface area contributed by atoms with Crippen LogP contribution in [0.2, 0.25) is 0 Å². The highest BCUT2D eigenvalue weighted by atomic mass is 15.0. The fourth-order valence-electron chi connectivity index (χ4n) is 2.78. The third-order valence-corrected chi connectivity index (χ3v) is 4.03. The van der Waals surface area contributed by atoms with E-state index in [4.69, 9.17) is 0 Å². The smallest absolute Gasteiger partial charge is 0.0782 e. The van der Waals surface area contributed by atoms with Crippen LogP contribution in [-0.4, -0.2) is 16.0 Å². The van der Waals surface area contributed by atoms with Crippen molar-refractivity contribution in [1.29, 1.82) is 0 Å². The molecular weight excluding hydrogens is 210 g/mol. The van der Waals surface area contributed by atoms with Gasteiger partial charge in [-0.05, 0) is 51.4 Å². The summed E-state index contributed by atoms with van der Waals surface area (Å²) in [4.78, 5) is 8.79. The van der Waals surface area contributed by atoms with Crippen LogP contribution in [0.4, 0.5) is 0 Å². The molecule has 2 aliphatic carbocycles. The van der Waals surface area contributed by atoms with Gasteiger partial charge in [-0.1, -0.05) is 0 Å². The normalized spacial score (nSPS) is 21.8. The number of nitrogens with one attached hydrogen (secondary N) is 1. The van der Waals surface area contributed by atoms with E-state index in [0.717, 1.165) is 29.3 Å². The van der Waals surface area contributed by atoms with Gasteiger partial charge in [0.2, 0.25) is 0 Å². The highest BCUT2D eigenvalue weighted by Gasteiger charge is 2.41. The molecule has 1 unspecified atom stereocenters. The van der Waals surface area contributed by atoms with Gasteiger partial charge >= 0.3 is 0 Å². The molecule has 3 nitrogen and oxygen atoms in total. The molecule has 0 radical (unpaired) electrons. The van der Waals surface area contributed by atoms with E-state index in [-0.39, 0.29) is 0 Å². The summed E-state index contributed by atoms with van der Waals surface area (Å²) in [6.07, 6.45) is 9.23. The molecule has 92 valence electrons. The maximum absolute atomic E-state index is 4.47. The fourth-order valence-corrected chi connectivity index (χ4v) is 2.78. The zero-order valence-electron chi connectivity index (χ0n) is 10.7. The summed E-state index contributed by atoms with van der Waals surface area (Å²) >= 11 is 0. The molecule has 1 N–H and O–H groups in total. The highest BCUT2D eigenvalue weighted by Crippen LogP contribution is 2.45. The zero-order chi connectivity index (χ0) is 11.8. The van der Waals surface area contributed by atoms with Crippen LogP contribution in [0, 0.1) is 18.8 Å². The molecule has 0 aromatic carbocycles. The van der Waals surface area contributed by atoms with E-state index in [9.17, 15) is 0 Å². The largest absolute Gasteiger partial charge is 0.305 e. The van der Waals surface area contributed by atoms with Crippen LogP contribution >= 0.6 is 0 Å². The van der Waals surface area contributed by atoms with Gasteiger partial charge in [0.05, 0.1) is 11.4 Å². The van der Waals surface area contributed by atoms with Crippen LogP contribution in [-0.2, 0) is 0 Å². The van der Waals surface area contributed by atoms with Gasteiger partial charge in [0, 0.05) is 24.5 Å². The van der Waals surface area contributed by atoms with Gasteiger partial charge < -0.3 is 5.32 Å². The maximum Gasteiger partial charge on any atom is 0.0782 e. The standard InChI is InChI=1S/C14H21N3/c1-9-13(16-8-7-15-9)10(2)17-14(11-3-4-11)12-5-6-12/h7-8,10-12,14,17H,3-6H2,1-2H3. The molecule has 2 aliphatic rings. The first-order chi connectivity index (χ1) is 8.25. The Hall–Kier alpha value is -0.960. The lowest BCUT2D eigenvalue weighted by molar-refractivity contribution is 0.372. The van der Waals surface area contributed by atoms with Crippen molar-refractivity contribution >= 4 is 0 Å². The summed E-state index contributed by atoms with van der Waals surface area (Å²) in [5.41, 5.74) is 2.16. The molecule has 2 fully saturated rings. The zero-order valence-corrected chi connectivity index (χ0v) is 10.7. The molecule has 0 spiro atoms. The Labute approximate surface area is 103 Å². The molecule has 1 atom stereocenters. The van der Waals surface area contributed by atoms with E-state index in [1.54, 1.807) is 12.4 Å². The molecule has 0 amide bonds. The lowest BCUT2D eigenvalue weighted by atomic mass is 10.0. The molecule has 1 aromatic rings. The summed E-state index contributed by atoms with van der Waals surface area (Å²) in [5, 5.41) is 3.80. The van der Waals surface area contributed by atoms with Crippen molar-refractivity contribution < 1.29 is 0 Å². The Morgan fingerprint density at radius 3 is 2.24 bits per heavy atom. The molecule has 2 saturated carbocycles. The molecule has 1 aromatic heterocycles. The predicted molar refractivity (Wildman–Crippen MR) is 67.6 cm³/mol. The van der Waals surface area contributed by atoms with Gasteiger partial charge in [-0.25, -0.2) is 0 Å².